The number of aryl methyl sites for hydroxylation is 1. The van der Waals surface area contributed by atoms with Gasteiger partial charge >= 0.3 is 0 Å². The lowest BCUT2D eigenvalue weighted by atomic mass is 10.1. The van der Waals surface area contributed by atoms with Gasteiger partial charge in [-0.15, -0.1) is 23.7 Å². The van der Waals surface area contributed by atoms with E-state index in [2.05, 4.69) is 10.3 Å². The topological polar surface area (TPSA) is 45.2 Å². The van der Waals surface area contributed by atoms with Gasteiger partial charge in [-0.05, 0) is 39.3 Å². The van der Waals surface area contributed by atoms with Gasteiger partial charge in [0.15, 0.2) is 0 Å². The highest BCUT2D eigenvalue weighted by Crippen LogP contribution is 2.18. The summed E-state index contributed by atoms with van der Waals surface area (Å²) >= 11 is 1.48. The molecule has 1 N–H and O–H groups in total. The fourth-order valence-electron chi connectivity index (χ4n) is 2.19. The number of amides is 1. The number of aromatic nitrogens is 1. The predicted molar refractivity (Wildman–Crippen MR) is 76.7 cm³/mol. The van der Waals surface area contributed by atoms with Crippen molar-refractivity contribution in [2.24, 2.45) is 0 Å². The summed E-state index contributed by atoms with van der Waals surface area (Å²) in [5.41, 5.74) is 0. The lowest BCUT2D eigenvalue weighted by molar-refractivity contribution is 0.0725. The van der Waals surface area contributed by atoms with Gasteiger partial charge in [0.2, 0.25) is 0 Å². The fraction of sp³-hybridized carbons (Fsp3) is 0.667. The van der Waals surface area contributed by atoms with Crippen molar-refractivity contribution in [3.63, 3.8) is 0 Å². The molecule has 1 amide bonds. The monoisotopic (exact) mass is 289 g/mol. The van der Waals surface area contributed by atoms with Crippen LogP contribution >= 0.6 is 23.7 Å². The van der Waals surface area contributed by atoms with Gasteiger partial charge in [0.05, 0.1) is 11.2 Å². The zero-order valence-corrected chi connectivity index (χ0v) is 12.4. The SMILES string of the molecule is Cc1ncc(C(=O)N(C)C2CCCNCC2)s1.Cl. The minimum absolute atomic E-state index is 0. The molecule has 0 saturated carbocycles. The second kappa shape index (κ2) is 7.07. The van der Waals surface area contributed by atoms with E-state index < -0.39 is 0 Å². The van der Waals surface area contributed by atoms with Crippen molar-refractivity contribution in [3.05, 3.63) is 16.1 Å². The number of carbonyl (C=O) groups is 1. The Morgan fingerprint density at radius 3 is 2.94 bits per heavy atom. The molecule has 102 valence electrons. The Labute approximate surface area is 118 Å². The van der Waals surface area contributed by atoms with Crippen molar-refractivity contribution in [2.75, 3.05) is 20.1 Å². The highest BCUT2D eigenvalue weighted by molar-refractivity contribution is 7.13. The molecule has 1 fully saturated rings. The van der Waals surface area contributed by atoms with E-state index in [1.54, 1.807) is 6.20 Å². The number of thiazole rings is 1. The van der Waals surface area contributed by atoms with Gasteiger partial charge in [-0.3, -0.25) is 4.79 Å². The maximum absolute atomic E-state index is 12.2. The standard InChI is InChI=1S/C12H19N3OS.ClH/c1-9-14-8-11(17-9)12(16)15(2)10-4-3-6-13-7-5-10;/h8,10,13H,3-7H2,1-2H3;1H. The molecule has 2 rings (SSSR count). The minimum atomic E-state index is 0. The van der Waals surface area contributed by atoms with E-state index in [0.29, 0.717) is 6.04 Å². The first-order chi connectivity index (χ1) is 8.18. The Morgan fingerprint density at radius 1 is 1.50 bits per heavy atom. The van der Waals surface area contributed by atoms with Gasteiger partial charge in [0, 0.05) is 13.1 Å². The van der Waals surface area contributed by atoms with Crippen LogP contribution in [0.1, 0.15) is 33.9 Å². The van der Waals surface area contributed by atoms with Crippen molar-refractivity contribution >= 4 is 29.7 Å². The average Bonchev–Trinajstić information content (AvgIpc) is 2.60. The van der Waals surface area contributed by atoms with Crippen molar-refractivity contribution in [1.82, 2.24) is 15.2 Å². The maximum Gasteiger partial charge on any atom is 0.265 e. The van der Waals surface area contributed by atoms with E-state index in [4.69, 9.17) is 0 Å². The van der Waals surface area contributed by atoms with Crippen LogP contribution in [0.25, 0.3) is 0 Å². The van der Waals surface area contributed by atoms with E-state index in [-0.39, 0.29) is 18.3 Å². The molecule has 1 aliphatic heterocycles. The minimum Gasteiger partial charge on any atom is -0.338 e. The Kier molecular flexibility index (Phi) is 6.05. The van der Waals surface area contributed by atoms with Gasteiger partial charge in [-0.2, -0.15) is 0 Å². The second-order valence-electron chi connectivity index (χ2n) is 4.49. The zero-order valence-electron chi connectivity index (χ0n) is 10.8. The van der Waals surface area contributed by atoms with Crippen molar-refractivity contribution < 1.29 is 4.79 Å². The summed E-state index contributed by atoms with van der Waals surface area (Å²) in [7, 11) is 1.91. The quantitative estimate of drug-likeness (QED) is 0.907. The Bertz CT molecular complexity index is 388. The molecule has 2 heterocycles. The number of nitrogens with zero attached hydrogens (tertiary/aromatic N) is 2. The van der Waals surface area contributed by atoms with Crippen LogP contribution in [0.15, 0.2) is 6.20 Å². The smallest absolute Gasteiger partial charge is 0.265 e. The third-order valence-corrected chi connectivity index (χ3v) is 4.15. The molecule has 0 bridgehead atoms. The number of rotatable bonds is 2. The third-order valence-electron chi connectivity index (χ3n) is 3.25. The van der Waals surface area contributed by atoms with E-state index in [9.17, 15) is 4.79 Å². The summed E-state index contributed by atoms with van der Waals surface area (Å²) in [5, 5.41) is 4.32. The van der Waals surface area contributed by atoms with Gasteiger partial charge in [-0.1, -0.05) is 0 Å². The van der Waals surface area contributed by atoms with Crippen molar-refractivity contribution in [1.29, 1.82) is 0 Å². The molecule has 0 aliphatic carbocycles. The lowest BCUT2D eigenvalue weighted by Gasteiger charge is -2.26. The Hall–Kier alpha value is -0.650. The van der Waals surface area contributed by atoms with Crippen LogP contribution < -0.4 is 5.32 Å². The van der Waals surface area contributed by atoms with Gasteiger partial charge < -0.3 is 10.2 Å². The van der Waals surface area contributed by atoms with Crippen LogP contribution in [0.3, 0.4) is 0 Å². The number of halogens is 1. The summed E-state index contributed by atoms with van der Waals surface area (Å²) in [6.07, 6.45) is 4.96. The summed E-state index contributed by atoms with van der Waals surface area (Å²) in [5.74, 6) is 0.113. The van der Waals surface area contributed by atoms with Crippen LogP contribution in [0.2, 0.25) is 0 Å². The highest BCUT2D eigenvalue weighted by Gasteiger charge is 2.23. The summed E-state index contributed by atoms with van der Waals surface area (Å²) in [4.78, 5) is 19.0. The Balaban J connectivity index is 0.00000162. The van der Waals surface area contributed by atoms with Crippen LogP contribution in [0.5, 0.6) is 0 Å². The van der Waals surface area contributed by atoms with E-state index in [1.807, 2.05) is 18.9 Å². The lowest BCUT2D eigenvalue weighted by Crippen LogP contribution is -2.37. The third kappa shape index (κ3) is 3.67. The number of hydrogen-bond acceptors (Lipinski definition) is 4. The molecule has 0 spiro atoms. The number of hydrogen-bond donors (Lipinski definition) is 1. The number of carbonyl (C=O) groups excluding carboxylic acids is 1. The van der Waals surface area contributed by atoms with Crippen LogP contribution in [-0.4, -0.2) is 42.0 Å². The molecule has 1 atom stereocenters. The summed E-state index contributed by atoms with van der Waals surface area (Å²) in [6, 6.07) is 0.361. The van der Waals surface area contributed by atoms with E-state index in [1.165, 1.54) is 11.3 Å². The molecule has 6 heteroatoms. The highest BCUT2D eigenvalue weighted by atomic mass is 35.5. The van der Waals surface area contributed by atoms with Gasteiger partial charge in [0.1, 0.15) is 4.88 Å². The maximum atomic E-state index is 12.2. The van der Waals surface area contributed by atoms with Crippen LogP contribution in [0, 0.1) is 6.92 Å². The summed E-state index contributed by atoms with van der Waals surface area (Å²) < 4.78 is 0. The number of nitrogens with one attached hydrogen (secondary N) is 1. The molecule has 1 saturated heterocycles. The molecule has 1 unspecified atom stereocenters. The predicted octanol–water partition coefficient (Wildman–Crippen LogP) is 2.09. The molecule has 0 aromatic carbocycles. The molecular formula is C12H20ClN3OS. The molecule has 4 nitrogen and oxygen atoms in total. The molecule has 1 aliphatic rings. The van der Waals surface area contributed by atoms with E-state index in [0.717, 1.165) is 42.2 Å². The van der Waals surface area contributed by atoms with E-state index >= 15 is 0 Å². The molecule has 1 aromatic heterocycles. The first-order valence-electron chi connectivity index (χ1n) is 6.09. The van der Waals surface area contributed by atoms with Gasteiger partial charge in [0.25, 0.3) is 5.91 Å². The fourth-order valence-corrected chi connectivity index (χ4v) is 2.95. The second-order valence-corrected chi connectivity index (χ2v) is 5.73. The molecular weight excluding hydrogens is 270 g/mol. The zero-order chi connectivity index (χ0) is 12.3. The molecule has 18 heavy (non-hydrogen) atoms. The van der Waals surface area contributed by atoms with Crippen molar-refractivity contribution in [2.45, 2.75) is 32.2 Å². The average molecular weight is 290 g/mol. The summed E-state index contributed by atoms with van der Waals surface area (Å²) in [6.45, 7) is 4.00. The first kappa shape index (κ1) is 15.4. The van der Waals surface area contributed by atoms with Gasteiger partial charge in [-0.25, -0.2) is 4.98 Å². The molecule has 0 radical (unpaired) electrons. The van der Waals surface area contributed by atoms with Crippen LogP contribution in [0.4, 0.5) is 0 Å². The van der Waals surface area contributed by atoms with Crippen molar-refractivity contribution in [3.8, 4) is 0 Å². The van der Waals surface area contributed by atoms with Crippen LogP contribution in [-0.2, 0) is 0 Å². The first-order valence-corrected chi connectivity index (χ1v) is 6.90. The largest absolute Gasteiger partial charge is 0.338 e. The Morgan fingerprint density at radius 2 is 2.28 bits per heavy atom. The molecule has 1 aromatic rings. The normalized spacial score (nSPS) is 19.8.